The van der Waals surface area contributed by atoms with Crippen molar-refractivity contribution >= 4 is 6.29 Å². The van der Waals surface area contributed by atoms with Crippen molar-refractivity contribution in [1.82, 2.24) is 9.80 Å². The quantitative estimate of drug-likeness (QED) is 0.747. The number of benzene rings is 2. The Bertz CT molecular complexity index is 750. The first-order valence-corrected chi connectivity index (χ1v) is 9.14. The highest BCUT2D eigenvalue weighted by molar-refractivity contribution is 5.52. The Kier molecular flexibility index (Phi) is 5.18. The SMILES string of the molecule is O=CCN1CCN(Cc2ccc3c(c2)OCO3)C(Cc2ccccc2)C1. The zero-order valence-corrected chi connectivity index (χ0v) is 14.8. The van der Waals surface area contributed by atoms with Crippen LogP contribution in [0.15, 0.2) is 48.5 Å². The van der Waals surface area contributed by atoms with Crippen molar-refractivity contribution in [2.24, 2.45) is 0 Å². The van der Waals surface area contributed by atoms with Gasteiger partial charge < -0.3 is 14.3 Å². The summed E-state index contributed by atoms with van der Waals surface area (Å²) in [6.07, 6.45) is 1.99. The third-order valence-corrected chi connectivity index (χ3v) is 5.16. The number of hydrogen-bond acceptors (Lipinski definition) is 5. The summed E-state index contributed by atoms with van der Waals surface area (Å²) in [5.41, 5.74) is 2.57. The predicted octanol–water partition coefficient (Wildman–Crippen LogP) is 2.34. The summed E-state index contributed by atoms with van der Waals surface area (Å²) in [7, 11) is 0. The van der Waals surface area contributed by atoms with Crippen LogP contribution in [0.4, 0.5) is 0 Å². The van der Waals surface area contributed by atoms with Crippen LogP contribution in [0.1, 0.15) is 11.1 Å². The molecule has 2 aromatic carbocycles. The lowest BCUT2D eigenvalue weighted by atomic mass is 10.0. The zero-order valence-electron chi connectivity index (χ0n) is 14.8. The molecular formula is C21H24N2O3. The van der Waals surface area contributed by atoms with Crippen LogP contribution in [0.3, 0.4) is 0 Å². The average Bonchev–Trinajstić information content (AvgIpc) is 3.13. The second-order valence-electron chi connectivity index (χ2n) is 6.93. The van der Waals surface area contributed by atoms with E-state index in [2.05, 4.69) is 46.2 Å². The van der Waals surface area contributed by atoms with E-state index in [-0.39, 0.29) is 0 Å². The fourth-order valence-corrected chi connectivity index (χ4v) is 3.79. The number of rotatable bonds is 6. The first kappa shape index (κ1) is 17.1. The minimum Gasteiger partial charge on any atom is -0.454 e. The largest absolute Gasteiger partial charge is 0.454 e. The number of nitrogens with zero attached hydrogens (tertiary/aromatic N) is 2. The van der Waals surface area contributed by atoms with Gasteiger partial charge in [0.1, 0.15) is 6.29 Å². The molecule has 1 saturated heterocycles. The summed E-state index contributed by atoms with van der Waals surface area (Å²) in [5, 5.41) is 0. The summed E-state index contributed by atoms with van der Waals surface area (Å²) < 4.78 is 10.9. The Labute approximate surface area is 154 Å². The van der Waals surface area contributed by atoms with Gasteiger partial charge in [-0.2, -0.15) is 0 Å². The Balaban J connectivity index is 1.49. The molecule has 0 bridgehead atoms. The highest BCUT2D eigenvalue weighted by atomic mass is 16.7. The molecule has 0 N–H and O–H groups in total. The van der Waals surface area contributed by atoms with Gasteiger partial charge in [-0.1, -0.05) is 36.4 Å². The average molecular weight is 352 g/mol. The number of carbonyl (C=O) groups excluding carboxylic acids is 1. The molecule has 2 aromatic rings. The van der Waals surface area contributed by atoms with E-state index in [4.69, 9.17) is 9.47 Å². The third-order valence-electron chi connectivity index (χ3n) is 5.16. The van der Waals surface area contributed by atoms with Crippen LogP contribution >= 0.6 is 0 Å². The molecule has 2 heterocycles. The molecule has 2 aliphatic heterocycles. The van der Waals surface area contributed by atoms with E-state index in [0.29, 0.717) is 19.4 Å². The Morgan fingerprint density at radius 1 is 1.00 bits per heavy atom. The van der Waals surface area contributed by atoms with Gasteiger partial charge >= 0.3 is 0 Å². The van der Waals surface area contributed by atoms with Crippen molar-refractivity contribution < 1.29 is 14.3 Å². The van der Waals surface area contributed by atoms with Gasteiger partial charge in [-0.25, -0.2) is 0 Å². The minimum absolute atomic E-state index is 0.305. The first-order valence-electron chi connectivity index (χ1n) is 9.14. The van der Waals surface area contributed by atoms with Gasteiger partial charge in [-0.15, -0.1) is 0 Å². The fourth-order valence-electron chi connectivity index (χ4n) is 3.79. The maximum atomic E-state index is 10.9. The number of hydrogen-bond donors (Lipinski definition) is 0. The van der Waals surface area contributed by atoms with Crippen molar-refractivity contribution in [2.45, 2.75) is 19.0 Å². The van der Waals surface area contributed by atoms with Crippen LogP contribution in [-0.4, -0.2) is 55.1 Å². The molecule has 4 rings (SSSR count). The van der Waals surface area contributed by atoms with E-state index in [1.54, 1.807) is 0 Å². The van der Waals surface area contributed by atoms with Gasteiger partial charge in [0, 0.05) is 32.2 Å². The van der Waals surface area contributed by atoms with E-state index in [9.17, 15) is 4.79 Å². The topological polar surface area (TPSA) is 42.0 Å². The van der Waals surface area contributed by atoms with Crippen molar-refractivity contribution in [3.05, 3.63) is 59.7 Å². The lowest BCUT2D eigenvalue weighted by molar-refractivity contribution is -0.109. The number of aldehydes is 1. The lowest BCUT2D eigenvalue weighted by Gasteiger charge is -2.41. The molecule has 1 unspecified atom stereocenters. The smallest absolute Gasteiger partial charge is 0.231 e. The molecule has 0 aliphatic carbocycles. The predicted molar refractivity (Wildman–Crippen MR) is 99.4 cm³/mol. The van der Waals surface area contributed by atoms with Crippen LogP contribution in [0.25, 0.3) is 0 Å². The highest BCUT2D eigenvalue weighted by Crippen LogP contribution is 2.33. The van der Waals surface area contributed by atoms with Gasteiger partial charge in [0.25, 0.3) is 0 Å². The number of fused-ring (bicyclic) bond motifs is 1. The van der Waals surface area contributed by atoms with Crippen LogP contribution in [-0.2, 0) is 17.8 Å². The van der Waals surface area contributed by atoms with E-state index in [1.165, 1.54) is 11.1 Å². The van der Waals surface area contributed by atoms with Gasteiger partial charge in [-0.05, 0) is 29.7 Å². The lowest BCUT2D eigenvalue weighted by Crippen LogP contribution is -2.53. The molecule has 136 valence electrons. The summed E-state index contributed by atoms with van der Waals surface area (Å²) in [5.74, 6) is 1.66. The fraction of sp³-hybridized carbons (Fsp3) is 0.381. The molecule has 0 radical (unpaired) electrons. The molecule has 2 aliphatic rings. The second-order valence-corrected chi connectivity index (χ2v) is 6.93. The maximum absolute atomic E-state index is 10.9. The maximum Gasteiger partial charge on any atom is 0.231 e. The standard InChI is InChI=1S/C21H24N2O3/c24-11-10-22-8-9-23(19(15-22)12-17-4-2-1-3-5-17)14-18-6-7-20-21(13-18)26-16-25-20/h1-7,11,13,19H,8-10,12,14-16H2. The molecule has 26 heavy (non-hydrogen) atoms. The Morgan fingerprint density at radius 3 is 2.69 bits per heavy atom. The van der Waals surface area contributed by atoms with Crippen molar-refractivity contribution in [2.75, 3.05) is 33.0 Å². The van der Waals surface area contributed by atoms with Crippen LogP contribution < -0.4 is 9.47 Å². The number of piperazine rings is 1. The second kappa shape index (κ2) is 7.89. The van der Waals surface area contributed by atoms with Crippen LogP contribution in [0.5, 0.6) is 11.5 Å². The van der Waals surface area contributed by atoms with Crippen LogP contribution in [0.2, 0.25) is 0 Å². The van der Waals surface area contributed by atoms with E-state index in [0.717, 1.165) is 50.4 Å². The van der Waals surface area contributed by atoms with E-state index in [1.807, 2.05) is 12.1 Å². The summed E-state index contributed by atoms with van der Waals surface area (Å²) in [6, 6.07) is 17.2. The molecule has 1 fully saturated rings. The molecule has 0 amide bonds. The zero-order chi connectivity index (χ0) is 17.8. The highest BCUT2D eigenvalue weighted by Gasteiger charge is 2.27. The van der Waals surface area contributed by atoms with Crippen molar-refractivity contribution in [3.63, 3.8) is 0 Å². The van der Waals surface area contributed by atoms with E-state index >= 15 is 0 Å². The molecular weight excluding hydrogens is 328 g/mol. The molecule has 0 saturated carbocycles. The normalized spacial score (nSPS) is 20.2. The van der Waals surface area contributed by atoms with Crippen molar-refractivity contribution in [3.8, 4) is 11.5 Å². The van der Waals surface area contributed by atoms with Gasteiger partial charge in [0.15, 0.2) is 11.5 Å². The Hall–Kier alpha value is -2.37. The van der Waals surface area contributed by atoms with Crippen molar-refractivity contribution in [1.29, 1.82) is 0 Å². The molecule has 5 nitrogen and oxygen atoms in total. The summed E-state index contributed by atoms with van der Waals surface area (Å²) in [6.45, 7) is 4.50. The van der Waals surface area contributed by atoms with Gasteiger partial charge in [-0.3, -0.25) is 9.80 Å². The minimum atomic E-state index is 0.305. The summed E-state index contributed by atoms with van der Waals surface area (Å²) in [4.78, 5) is 15.7. The molecule has 0 aromatic heterocycles. The van der Waals surface area contributed by atoms with Gasteiger partial charge in [0.05, 0.1) is 6.54 Å². The van der Waals surface area contributed by atoms with Crippen LogP contribution in [0, 0.1) is 0 Å². The molecule has 5 heteroatoms. The number of ether oxygens (including phenoxy) is 2. The monoisotopic (exact) mass is 352 g/mol. The Morgan fingerprint density at radius 2 is 1.85 bits per heavy atom. The van der Waals surface area contributed by atoms with Gasteiger partial charge in [0.2, 0.25) is 6.79 Å². The summed E-state index contributed by atoms with van der Waals surface area (Å²) >= 11 is 0. The number of carbonyl (C=O) groups is 1. The first-order chi connectivity index (χ1) is 12.8. The molecule has 0 spiro atoms. The third kappa shape index (κ3) is 3.89. The van der Waals surface area contributed by atoms with E-state index < -0.39 is 0 Å². The molecule has 1 atom stereocenters.